The highest BCUT2D eigenvalue weighted by molar-refractivity contribution is 7.21. The number of pyridine rings is 1. The molecule has 6 nitrogen and oxygen atoms in total. The number of hydrogen-bond donors (Lipinski definition) is 2. The average molecular weight is 480 g/mol. The van der Waals surface area contributed by atoms with Crippen LogP contribution in [0, 0.1) is 13.8 Å². The monoisotopic (exact) mass is 479 g/mol. The second kappa shape index (κ2) is 9.21. The molecule has 0 aliphatic heterocycles. The van der Waals surface area contributed by atoms with E-state index in [4.69, 9.17) is 22.1 Å². The number of fused-ring (bicyclic) bond motifs is 1. The Morgan fingerprint density at radius 2 is 1.88 bits per heavy atom. The smallest absolute Gasteiger partial charge is 0.340 e. The first-order valence-corrected chi connectivity index (χ1v) is 11.5. The fraction of sp³-hybridized carbons (Fsp3) is 0.160. The van der Waals surface area contributed by atoms with E-state index >= 15 is 0 Å². The quantitative estimate of drug-likeness (QED) is 0.330. The normalized spacial score (nSPS) is 10.9. The standard InChI is InChI=1S/C25H22ClN3O3S/c1-4-32-25(31)18-14(3)28-24-20(19(18)15-8-10-16(26)11-9-15)21(27)22(33-24)23(30)29-17-7-5-6-13(2)12-17/h5-12H,4,27H2,1-3H3,(H,29,30). The van der Waals surface area contributed by atoms with Gasteiger partial charge >= 0.3 is 5.97 Å². The molecule has 0 saturated heterocycles. The Hall–Kier alpha value is -3.42. The number of aryl methyl sites for hydroxylation is 2. The summed E-state index contributed by atoms with van der Waals surface area (Å²) in [6.07, 6.45) is 0. The molecule has 0 saturated carbocycles. The van der Waals surface area contributed by atoms with Crippen LogP contribution in [0.2, 0.25) is 5.02 Å². The first kappa shape index (κ1) is 22.8. The molecule has 0 aliphatic carbocycles. The molecular weight excluding hydrogens is 458 g/mol. The summed E-state index contributed by atoms with van der Waals surface area (Å²) in [5.41, 5.74) is 10.6. The molecule has 8 heteroatoms. The summed E-state index contributed by atoms with van der Waals surface area (Å²) in [5, 5.41) is 4.01. The van der Waals surface area contributed by atoms with Crippen molar-refractivity contribution in [1.29, 1.82) is 0 Å². The number of thiophene rings is 1. The van der Waals surface area contributed by atoms with E-state index < -0.39 is 5.97 Å². The van der Waals surface area contributed by atoms with E-state index in [1.165, 1.54) is 11.3 Å². The van der Waals surface area contributed by atoms with E-state index in [-0.39, 0.29) is 18.2 Å². The maximum Gasteiger partial charge on any atom is 0.340 e. The number of benzene rings is 2. The van der Waals surface area contributed by atoms with Crippen LogP contribution in [0.25, 0.3) is 21.3 Å². The SMILES string of the molecule is CCOC(=O)c1c(C)nc2sc(C(=O)Nc3cccc(C)c3)c(N)c2c1-c1ccc(Cl)cc1. The summed E-state index contributed by atoms with van der Waals surface area (Å²) >= 11 is 7.28. The van der Waals surface area contributed by atoms with Gasteiger partial charge in [0.15, 0.2) is 0 Å². The summed E-state index contributed by atoms with van der Waals surface area (Å²) in [5.74, 6) is -0.829. The fourth-order valence-corrected chi connectivity index (χ4v) is 4.88. The van der Waals surface area contributed by atoms with Crippen molar-refractivity contribution in [2.75, 3.05) is 17.7 Å². The Labute approximate surface area is 200 Å². The average Bonchev–Trinajstić information content (AvgIpc) is 3.09. The van der Waals surface area contributed by atoms with Crippen molar-refractivity contribution in [2.45, 2.75) is 20.8 Å². The van der Waals surface area contributed by atoms with Gasteiger partial charge in [-0.1, -0.05) is 35.9 Å². The minimum Gasteiger partial charge on any atom is -0.462 e. The van der Waals surface area contributed by atoms with Crippen LogP contribution < -0.4 is 11.1 Å². The molecule has 0 fully saturated rings. The highest BCUT2D eigenvalue weighted by atomic mass is 35.5. The number of amides is 1. The minimum absolute atomic E-state index is 0.222. The molecule has 4 rings (SSSR count). The predicted octanol–water partition coefficient (Wildman–Crippen LogP) is 6.24. The fourth-order valence-electron chi connectivity index (χ4n) is 3.70. The molecule has 2 aromatic carbocycles. The van der Waals surface area contributed by atoms with Gasteiger partial charge in [0.25, 0.3) is 5.91 Å². The van der Waals surface area contributed by atoms with Crippen molar-refractivity contribution in [3.8, 4) is 11.1 Å². The second-order valence-electron chi connectivity index (χ2n) is 7.52. The number of halogens is 1. The number of aromatic nitrogens is 1. The van der Waals surface area contributed by atoms with Gasteiger partial charge in [-0.05, 0) is 56.2 Å². The summed E-state index contributed by atoms with van der Waals surface area (Å²) in [4.78, 5) is 31.5. The number of ether oxygens (including phenoxy) is 1. The number of esters is 1. The first-order chi connectivity index (χ1) is 15.8. The molecule has 0 spiro atoms. The maximum atomic E-state index is 13.1. The number of nitrogens with one attached hydrogen (secondary N) is 1. The molecule has 0 bridgehead atoms. The number of carbonyl (C=O) groups excluding carboxylic acids is 2. The number of rotatable bonds is 5. The Morgan fingerprint density at radius 3 is 2.55 bits per heavy atom. The topological polar surface area (TPSA) is 94.3 Å². The number of nitrogen functional groups attached to an aromatic ring is 1. The molecule has 168 valence electrons. The lowest BCUT2D eigenvalue weighted by molar-refractivity contribution is 0.0526. The van der Waals surface area contributed by atoms with Gasteiger partial charge in [-0.3, -0.25) is 4.79 Å². The maximum absolute atomic E-state index is 13.1. The molecule has 0 aliphatic rings. The third kappa shape index (κ3) is 4.42. The van der Waals surface area contributed by atoms with Crippen molar-refractivity contribution in [3.05, 3.63) is 75.3 Å². The lowest BCUT2D eigenvalue weighted by Crippen LogP contribution is -2.12. The largest absolute Gasteiger partial charge is 0.462 e. The Morgan fingerprint density at radius 1 is 1.15 bits per heavy atom. The van der Waals surface area contributed by atoms with Gasteiger partial charge in [-0.2, -0.15) is 0 Å². The Balaban J connectivity index is 1.92. The van der Waals surface area contributed by atoms with Crippen LogP contribution >= 0.6 is 22.9 Å². The predicted molar refractivity (Wildman–Crippen MR) is 134 cm³/mol. The molecule has 1 amide bonds. The number of nitrogens with two attached hydrogens (primary N) is 1. The molecule has 3 N–H and O–H groups in total. The van der Waals surface area contributed by atoms with Gasteiger partial charge in [0.1, 0.15) is 9.71 Å². The Bertz CT molecular complexity index is 1380. The molecule has 0 atom stereocenters. The second-order valence-corrected chi connectivity index (χ2v) is 8.96. The highest BCUT2D eigenvalue weighted by Crippen LogP contribution is 2.42. The van der Waals surface area contributed by atoms with E-state index in [1.807, 2.05) is 43.3 Å². The molecule has 2 aromatic heterocycles. The molecule has 2 heterocycles. The zero-order valence-electron chi connectivity index (χ0n) is 18.4. The van der Waals surface area contributed by atoms with Crippen molar-refractivity contribution >= 4 is 56.4 Å². The van der Waals surface area contributed by atoms with Crippen LogP contribution in [-0.4, -0.2) is 23.5 Å². The van der Waals surface area contributed by atoms with Crippen LogP contribution in [0.3, 0.4) is 0 Å². The number of hydrogen-bond acceptors (Lipinski definition) is 6. The van der Waals surface area contributed by atoms with E-state index in [9.17, 15) is 9.59 Å². The van der Waals surface area contributed by atoms with E-state index in [2.05, 4.69) is 10.3 Å². The van der Waals surface area contributed by atoms with Gasteiger partial charge in [0.05, 0.1) is 23.6 Å². The van der Waals surface area contributed by atoms with Gasteiger partial charge < -0.3 is 15.8 Å². The van der Waals surface area contributed by atoms with E-state index in [0.29, 0.717) is 42.6 Å². The van der Waals surface area contributed by atoms with Crippen molar-refractivity contribution in [3.63, 3.8) is 0 Å². The lowest BCUT2D eigenvalue weighted by Gasteiger charge is -2.14. The van der Waals surface area contributed by atoms with E-state index in [1.54, 1.807) is 26.0 Å². The van der Waals surface area contributed by atoms with Crippen molar-refractivity contribution in [2.24, 2.45) is 0 Å². The third-order valence-corrected chi connectivity index (χ3v) is 6.50. The summed E-state index contributed by atoms with van der Waals surface area (Å²) in [7, 11) is 0. The molecular formula is C25H22ClN3O3S. The van der Waals surface area contributed by atoms with Crippen LogP contribution in [0.4, 0.5) is 11.4 Å². The van der Waals surface area contributed by atoms with Crippen LogP contribution in [0.1, 0.15) is 38.2 Å². The zero-order chi connectivity index (χ0) is 23.7. The van der Waals surface area contributed by atoms with Crippen LogP contribution in [0.5, 0.6) is 0 Å². The van der Waals surface area contributed by atoms with Crippen molar-refractivity contribution < 1.29 is 14.3 Å². The third-order valence-electron chi connectivity index (χ3n) is 5.15. The molecule has 0 unspecified atom stereocenters. The first-order valence-electron chi connectivity index (χ1n) is 10.3. The molecule has 33 heavy (non-hydrogen) atoms. The molecule has 0 radical (unpaired) electrons. The van der Waals surface area contributed by atoms with Gasteiger partial charge in [0.2, 0.25) is 0 Å². The Kier molecular flexibility index (Phi) is 6.35. The highest BCUT2D eigenvalue weighted by Gasteiger charge is 2.27. The van der Waals surface area contributed by atoms with Gasteiger partial charge in [-0.25, -0.2) is 9.78 Å². The molecule has 4 aromatic rings. The van der Waals surface area contributed by atoms with Crippen LogP contribution in [0.15, 0.2) is 48.5 Å². The summed E-state index contributed by atoms with van der Waals surface area (Å²) in [6, 6.07) is 14.6. The zero-order valence-corrected chi connectivity index (χ0v) is 19.9. The number of anilines is 2. The summed E-state index contributed by atoms with van der Waals surface area (Å²) in [6.45, 7) is 5.66. The summed E-state index contributed by atoms with van der Waals surface area (Å²) < 4.78 is 5.31. The van der Waals surface area contributed by atoms with Crippen molar-refractivity contribution in [1.82, 2.24) is 4.98 Å². The lowest BCUT2D eigenvalue weighted by atomic mass is 9.95. The van der Waals surface area contributed by atoms with Crippen LogP contribution in [-0.2, 0) is 4.74 Å². The minimum atomic E-state index is -0.495. The number of nitrogens with zero attached hydrogens (tertiary/aromatic N) is 1. The number of carbonyl (C=O) groups is 2. The van der Waals surface area contributed by atoms with Gasteiger partial charge in [0, 0.05) is 21.7 Å². The van der Waals surface area contributed by atoms with E-state index in [0.717, 1.165) is 11.1 Å². The van der Waals surface area contributed by atoms with Gasteiger partial charge in [-0.15, -0.1) is 11.3 Å².